The molecule has 19 heavy (non-hydrogen) atoms. The molecule has 4 unspecified atom stereocenters. The van der Waals surface area contributed by atoms with E-state index in [0.717, 1.165) is 19.1 Å². The minimum absolute atomic E-state index is 0.0787. The largest absolute Gasteiger partial charge is 0.444 e. The number of carbonyl (C=O) groups is 2. The third-order valence-corrected chi connectivity index (χ3v) is 4.06. The molecular weight excluding hydrogens is 246 g/mol. The molecule has 0 N–H and O–H groups in total. The summed E-state index contributed by atoms with van der Waals surface area (Å²) in [7, 11) is 1.66. The van der Waals surface area contributed by atoms with Crippen molar-refractivity contribution >= 4 is 12.4 Å². The van der Waals surface area contributed by atoms with E-state index in [4.69, 9.17) is 9.47 Å². The maximum atomic E-state index is 12.3. The zero-order chi connectivity index (χ0) is 14.2. The summed E-state index contributed by atoms with van der Waals surface area (Å²) in [5, 5.41) is 0. The highest BCUT2D eigenvalue weighted by Crippen LogP contribution is 2.46. The van der Waals surface area contributed by atoms with Gasteiger partial charge < -0.3 is 14.3 Å². The van der Waals surface area contributed by atoms with Crippen molar-refractivity contribution in [2.24, 2.45) is 11.8 Å². The van der Waals surface area contributed by atoms with Gasteiger partial charge in [-0.25, -0.2) is 4.79 Å². The Kier molecular flexibility index (Phi) is 3.85. The summed E-state index contributed by atoms with van der Waals surface area (Å²) in [6.45, 7) is 6.10. The Bertz CT molecular complexity index is 363. The van der Waals surface area contributed by atoms with Crippen LogP contribution in [0.25, 0.3) is 0 Å². The number of piperidine rings is 1. The second-order valence-electron chi connectivity index (χ2n) is 6.44. The molecule has 1 saturated heterocycles. The monoisotopic (exact) mass is 269 g/mol. The first-order valence-electron chi connectivity index (χ1n) is 6.84. The maximum Gasteiger partial charge on any atom is 0.411 e. The van der Waals surface area contributed by atoms with Crippen molar-refractivity contribution in [1.82, 2.24) is 4.90 Å². The SMILES string of the molecule is COCC1C2CCC1N(C(=O)OC(C)(C)C)C2C=O. The highest BCUT2D eigenvalue weighted by molar-refractivity contribution is 5.76. The summed E-state index contributed by atoms with van der Waals surface area (Å²) in [5.41, 5.74) is -0.539. The van der Waals surface area contributed by atoms with E-state index in [1.165, 1.54) is 0 Å². The van der Waals surface area contributed by atoms with E-state index < -0.39 is 5.60 Å². The van der Waals surface area contributed by atoms with Crippen LogP contribution < -0.4 is 0 Å². The molecule has 0 aromatic carbocycles. The molecule has 1 amide bonds. The number of amides is 1. The molecule has 0 radical (unpaired) electrons. The topological polar surface area (TPSA) is 55.8 Å². The van der Waals surface area contributed by atoms with Crippen LogP contribution in [0.15, 0.2) is 0 Å². The molecule has 2 fully saturated rings. The van der Waals surface area contributed by atoms with Gasteiger partial charge in [0.1, 0.15) is 11.9 Å². The Hall–Kier alpha value is -1.10. The van der Waals surface area contributed by atoms with Gasteiger partial charge in [0.25, 0.3) is 0 Å². The number of fused-ring (bicyclic) bond motifs is 2. The number of hydrogen-bond donors (Lipinski definition) is 0. The third kappa shape index (κ3) is 2.61. The predicted molar refractivity (Wildman–Crippen MR) is 69.8 cm³/mol. The van der Waals surface area contributed by atoms with Crippen molar-refractivity contribution in [3.05, 3.63) is 0 Å². The minimum atomic E-state index is -0.539. The molecule has 4 atom stereocenters. The molecule has 0 aromatic rings. The van der Waals surface area contributed by atoms with E-state index in [9.17, 15) is 9.59 Å². The van der Waals surface area contributed by atoms with Crippen molar-refractivity contribution in [1.29, 1.82) is 0 Å². The molecule has 1 heterocycles. The first kappa shape index (κ1) is 14.3. The van der Waals surface area contributed by atoms with Gasteiger partial charge in [0.05, 0.1) is 12.6 Å². The lowest BCUT2D eigenvalue weighted by Gasteiger charge is -2.33. The molecule has 1 aliphatic heterocycles. The van der Waals surface area contributed by atoms with Gasteiger partial charge in [-0.1, -0.05) is 0 Å². The lowest BCUT2D eigenvalue weighted by Crippen LogP contribution is -2.48. The first-order valence-corrected chi connectivity index (χ1v) is 6.84. The molecule has 5 heteroatoms. The highest BCUT2D eigenvalue weighted by Gasteiger charge is 2.55. The lowest BCUT2D eigenvalue weighted by atomic mass is 9.93. The molecule has 2 bridgehead atoms. The summed E-state index contributed by atoms with van der Waals surface area (Å²) in [4.78, 5) is 25.2. The van der Waals surface area contributed by atoms with E-state index in [1.54, 1.807) is 12.0 Å². The zero-order valence-corrected chi connectivity index (χ0v) is 12.1. The Morgan fingerprint density at radius 1 is 1.37 bits per heavy atom. The molecule has 2 aliphatic rings. The van der Waals surface area contributed by atoms with Crippen LogP contribution in [-0.2, 0) is 14.3 Å². The molecule has 0 spiro atoms. The summed E-state index contributed by atoms with van der Waals surface area (Å²) in [5.74, 6) is 0.475. The van der Waals surface area contributed by atoms with Gasteiger partial charge in [0.15, 0.2) is 0 Å². The first-order chi connectivity index (χ1) is 8.89. The second-order valence-corrected chi connectivity index (χ2v) is 6.44. The quantitative estimate of drug-likeness (QED) is 0.734. The average molecular weight is 269 g/mol. The van der Waals surface area contributed by atoms with Crippen LogP contribution in [0.3, 0.4) is 0 Å². The number of hydrogen-bond acceptors (Lipinski definition) is 4. The van der Waals surface area contributed by atoms with Gasteiger partial charge in [0.2, 0.25) is 0 Å². The van der Waals surface area contributed by atoms with E-state index >= 15 is 0 Å². The highest BCUT2D eigenvalue weighted by atomic mass is 16.6. The van der Waals surface area contributed by atoms with Crippen LogP contribution >= 0.6 is 0 Å². The van der Waals surface area contributed by atoms with Gasteiger partial charge in [-0.05, 0) is 39.5 Å². The third-order valence-electron chi connectivity index (χ3n) is 4.06. The number of rotatable bonds is 3. The Labute approximate surface area is 114 Å². The van der Waals surface area contributed by atoms with Crippen molar-refractivity contribution < 1.29 is 19.1 Å². The van der Waals surface area contributed by atoms with Crippen LogP contribution in [0.5, 0.6) is 0 Å². The zero-order valence-electron chi connectivity index (χ0n) is 12.1. The predicted octanol–water partition coefficient (Wildman–Crippen LogP) is 1.85. The van der Waals surface area contributed by atoms with Crippen LogP contribution in [0, 0.1) is 11.8 Å². The van der Waals surface area contributed by atoms with E-state index in [2.05, 4.69) is 0 Å². The standard InChI is InChI=1S/C14H23NO4/c1-14(2,3)19-13(17)15-11-6-5-9(12(15)7-16)10(11)8-18-4/h7,9-12H,5-6,8H2,1-4H3. The Balaban J connectivity index is 2.16. The van der Waals surface area contributed by atoms with Crippen LogP contribution in [0.1, 0.15) is 33.6 Å². The average Bonchev–Trinajstić information content (AvgIpc) is 2.82. The second kappa shape index (κ2) is 5.12. The van der Waals surface area contributed by atoms with Crippen molar-refractivity contribution in [2.75, 3.05) is 13.7 Å². The molecule has 5 nitrogen and oxygen atoms in total. The number of aldehydes is 1. The van der Waals surface area contributed by atoms with Crippen molar-refractivity contribution in [3.63, 3.8) is 0 Å². The number of ether oxygens (including phenoxy) is 2. The van der Waals surface area contributed by atoms with Crippen molar-refractivity contribution in [2.45, 2.75) is 51.3 Å². The number of likely N-dealkylation sites (tertiary alicyclic amines) is 1. The van der Waals surface area contributed by atoms with E-state index in [1.807, 2.05) is 20.8 Å². The Morgan fingerprint density at radius 3 is 2.58 bits per heavy atom. The number of carbonyl (C=O) groups excluding carboxylic acids is 2. The normalized spacial score (nSPS) is 33.6. The van der Waals surface area contributed by atoms with Gasteiger partial charge in [-0.2, -0.15) is 0 Å². The molecule has 1 aliphatic carbocycles. The van der Waals surface area contributed by atoms with Crippen LogP contribution in [0.4, 0.5) is 4.79 Å². The van der Waals surface area contributed by atoms with E-state index in [-0.39, 0.29) is 30.0 Å². The number of nitrogens with zero attached hydrogens (tertiary/aromatic N) is 1. The fourth-order valence-electron chi connectivity index (χ4n) is 3.44. The molecule has 108 valence electrons. The number of methoxy groups -OCH3 is 1. The maximum absolute atomic E-state index is 12.3. The molecule has 1 saturated carbocycles. The van der Waals surface area contributed by atoms with Gasteiger partial charge in [-0.15, -0.1) is 0 Å². The van der Waals surface area contributed by atoms with Gasteiger partial charge in [-0.3, -0.25) is 4.90 Å². The minimum Gasteiger partial charge on any atom is -0.444 e. The summed E-state index contributed by atoms with van der Waals surface area (Å²) >= 11 is 0. The Morgan fingerprint density at radius 2 is 2.05 bits per heavy atom. The van der Waals surface area contributed by atoms with Gasteiger partial charge in [0, 0.05) is 19.1 Å². The fraction of sp³-hybridized carbons (Fsp3) is 0.857. The van der Waals surface area contributed by atoms with Crippen LogP contribution in [0.2, 0.25) is 0 Å². The summed E-state index contributed by atoms with van der Waals surface area (Å²) in [6.07, 6.45) is 2.43. The molecule has 2 rings (SSSR count). The van der Waals surface area contributed by atoms with E-state index in [0.29, 0.717) is 6.61 Å². The summed E-state index contributed by atoms with van der Waals surface area (Å²) < 4.78 is 10.7. The molecular formula is C14H23NO4. The smallest absolute Gasteiger partial charge is 0.411 e. The lowest BCUT2D eigenvalue weighted by molar-refractivity contribution is -0.113. The fourth-order valence-corrected chi connectivity index (χ4v) is 3.44. The van der Waals surface area contributed by atoms with Crippen LogP contribution in [-0.4, -0.2) is 48.7 Å². The summed E-state index contributed by atoms with van der Waals surface area (Å²) in [6, 6.07) is -0.274. The molecule has 0 aromatic heterocycles. The van der Waals surface area contributed by atoms with Crippen molar-refractivity contribution in [3.8, 4) is 0 Å². The van der Waals surface area contributed by atoms with Gasteiger partial charge >= 0.3 is 6.09 Å².